The van der Waals surface area contributed by atoms with Gasteiger partial charge in [0.2, 0.25) is 5.91 Å². The van der Waals surface area contributed by atoms with Gasteiger partial charge in [-0.05, 0) is 50.1 Å². The minimum atomic E-state index is -0.453. The third kappa shape index (κ3) is 5.86. The van der Waals surface area contributed by atoms with E-state index in [0.717, 1.165) is 47.5 Å². The van der Waals surface area contributed by atoms with E-state index in [-0.39, 0.29) is 12.3 Å². The van der Waals surface area contributed by atoms with Crippen molar-refractivity contribution >= 4 is 34.7 Å². The fourth-order valence-electron chi connectivity index (χ4n) is 4.06. The van der Waals surface area contributed by atoms with Crippen LogP contribution in [-0.4, -0.2) is 37.2 Å². The summed E-state index contributed by atoms with van der Waals surface area (Å²) in [7, 11) is 1.63. The van der Waals surface area contributed by atoms with E-state index in [1.807, 2.05) is 54.3 Å². The van der Waals surface area contributed by atoms with Crippen LogP contribution in [0.25, 0.3) is 0 Å². The average Bonchev–Trinajstić information content (AvgIpc) is 2.94. The van der Waals surface area contributed by atoms with Gasteiger partial charge in [0.25, 0.3) is 0 Å². The molecule has 2 aromatic carbocycles. The highest BCUT2D eigenvalue weighted by Crippen LogP contribution is 2.36. The topological polar surface area (TPSA) is 77.8 Å². The van der Waals surface area contributed by atoms with Gasteiger partial charge in [-0.25, -0.2) is 0 Å². The molecule has 0 saturated heterocycles. The molecule has 0 bridgehead atoms. The number of allylic oxidation sites excluding steroid dienone is 1. The Labute approximate surface area is 207 Å². The van der Waals surface area contributed by atoms with Crippen LogP contribution in [0.3, 0.4) is 0 Å². The van der Waals surface area contributed by atoms with Crippen LogP contribution in [0.1, 0.15) is 57.6 Å². The van der Waals surface area contributed by atoms with Crippen molar-refractivity contribution in [2.75, 3.05) is 18.6 Å². The predicted molar refractivity (Wildman–Crippen MR) is 141 cm³/mol. The average molecular weight is 481 g/mol. The molecule has 0 radical (unpaired) electrons. The van der Waals surface area contributed by atoms with Gasteiger partial charge in [0.1, 0.15) is 11.6 Å². The maximum atomic E-state index is 12.9. The summed E-state index contributed by atoms with van der Waals surface area (Å²) >= 11 is 6.16. The zero-order valence-corrected chi connectivity index (χ0v) is 21.1. The molecule has 1 atom stereocenters. The number of aliphatic imine (C=N–C) groups is 1. The smallest absolute Gasteiger partial charge is 0.222 e. The number of anilines is 1. The molecule has 1 aliphatic rings. The summed E-state index contributed by atoms with van der Waals surface area (Å²) in [6.07, 6.45) is 4.96. The van der Waals surface area contributed by atoms with E-state index >= 15 is 0 Å². The number of halogens is 1. The molecule has 1 heterocycles. The highest BCUT2D eigenvalue weighted by molar-refractivity contribution is 6.30. The number of ether oxygens (including phenoxy) is 1. The maximum Gasteiger partial charge on any atom is 0.222 e. The number of fused-ring (bicyclic) bond motifs is 1. The Hall–Kier alpha value is -3.12. The Balaban J connectivity index is 2.21. The minimum Gasteiger partial charge on any atom is -0.497 e. The quantitative estimate of drug-likeness (QED) is 0.277. The minimum absolute atomic E-state index is 0.0502. The molecule has 180 valence electrons. The van der Waals surface area contributed by atoms with E-state index in [0.29, 0.717) is 23.2 Å². The predicted octanol–water partition coefficient (Wildman–Crippen LogP) is 5.97. The zero-order chi connectivity index (χ0) is 24.7. The second-order valence-corrected chi connectivity index (χ2v) is 8.69. The van der Waals surface area contributed by atoms with E-state index in [2.05, 4.69) is 18.3 Å². The van der Waals surface area contributed by atoms with Gasteiger partial charge in [-0.15, -0.1) is 0 Å². The van der Waals surface area contributed by atoms with Gasteiger partial charge in [0, 0.05) is 28.4 Å². The molecule has 0 aromatic heterocycles. The molecule has 2 N–H and O–H groups in total. The number of unbranched alkanes of at least 4 members (excludes halogenated alkanes) is 1. The number of amides is 1. The van der Waals surface area contributed by atoms with E-state index in [9.17, 15) is 4.79 Å². The molecular formula is C27H33ClN4O2. The first-order valence-corrected chi connectivity index (χ1v) is 12.1. The first-order valence-electron chi connectivity index (χ1n) is 11.7. The zero-order valence-electron chi connectivity index (χ0n) is 20.3. The SMILES string of the molecule is CCC=C1C(CC(=O)NCCCC)N=C(c2ccc(Cl)cc2)c2cc(OC)ccc2N1C(C)=N. The summed E-state index contributed by atoms with van der Waals surface area (Å²) in [5, 5.41) is 12.3. The molecule has 0 fully saturated rings. The van der Waals surface area contributed by atoms with Crippen molar-refractivity contribution in [3.05, 3.63) is 70.4 Å². The molecule has 0 saturated carbocycles. The van der Waals surface area contributed by atoms with Crippen molar-refractivity contribution in [3.8, 4) is 5.75 Å². The highest BCUT2D eigenvalue weighted by Gasteiger charge is 2.31. The van der Waals surface area contributed by atoms with Crippen molar-refractivity contribution in [3.63, 3.8) is 0 Å². The van der Waals surface area contributed by atoms with Crippen LogP contribution in [-0.2, 0) is 4.79 Å². The Bertz CT molecular complexity index is 1090. The number of carbonyl (C=O) groups is 1. The second-order valence-electron chi connectivity index (χ2n) is 8.25. The molecule has 6 nitrogen and oxygen atoms in total. The van der Waals surface area contributed by atoms with Crippen LogP contribution in [0.15, 0.2) is 59.2 Å². The van der Waals surface area contributed by atoms with Crippen LogP contribution >= 0.6 is 11.6 Å². The molecule has 0 spiro atoms. The molecule has 1 unspecified atom stereocenters. The van der Waals surface area contributed by atoms with Crippen LogP contribution in [0, 0.1) is 5.41 Å². The van der Waals surface area contributed by atoms with E-state index in [1.165, 1.54) is 0 Å². The first kappa shape index (κ1) is 25.5. The summed E-state index contributed by atoms with van der Waals surface area (Å²) in [5.41, 5.74) is 4.12. The number of benzene rings is 2. The van der Waals surface area contributed by atoms with Gasteiger partial charge >= 0.3 is 0 Å². The third-order valence-electron chi connectivity index (χ3n) is 5.68. The van der Waals surface area contributed by atoms with Gasteiger partial charge in [-0.3, -0.25) is 15.2 Å². The van der Waals surface area contributed by atoms with Crippen molar-refractivity contribution in [1.29, 1.82) is 5.41 Å². The van der Waals surface area contributed by atoms with Crippen LogP contribution in [0.5, 0.6) is 5.75 Å². The fraction of sp³-hybridized carbons (Fsp3) is 0.370. The van der Waals surface area contributed by atoms with Gasteiger partial charge in [-0.1, -0.05) is 50.1 Å². The van der Waals surface area contributed by atoms with Crippen LogP contribution in [0.2, 0.25) is 5.02 Å². The summed E-state index contributed by atoms with van der Waals surface area (Å²) in [5.74, 6) is 1.00. The lowest BCUT2D eigenvalue weighted by atomic mass is 9.99. The molecule has 7 heteroatoms. The number of amidine groups is 1. The van der Waals surface area contributed by atoms with Crippen molar-refractivity contribution in [1.82, 2.24) is 5.32 Å². The van der Waals surface area contributed by atoms with Crippen LogP contribution in [0.4, 0.5) is 5.69 Å². The molecule has 1 aliphatic heterocycles. The lowest BCUT2D eigenvalue weighted by molar-refractivity contribution is -0.121. The number of hydrogen-bond acceptors (Lipinski definition) is 4. The monoisotopic (exact) mass is 480 g/mol. The Morgan fingerprint density at radius 3 is 2.59 bits per heavy atom. The molecule has 1 amide bonds. The second kappa shape index (κ2) is 11.8. The van der Waals surface area contributed by atoms with Gasteiger partial charge < -0.3 is 15.0 Å². The number of methoxy groups -OCH3 is 1. The third-order valence-corrected chi connectivity index (χ3v) is 5.93. The largest absolute Gasteiger partial charge is 0.497 e. The standard InChI is InChI=1S/C27H33ClN4O2/c1-5-7-15-30-26(33)17-23-25(8-6-2)32(18(3)29)24-14-13-21(34-4)16-22(24)27(31-23)19-9-11-20(28)12-10-19/h8-14,16,23,29H,5-7,15,17H2,1-4H3,(H,30,33). The molecule has 2 aromatic rings. The molecule has 3 rings (SSSR count). The van der Waals surface area contributed by atoms with E-state index in [4.69, 9.17) is 26.7 Å². The van der Waals surface area contributed by atoms with Gasteiger partial charge in [0.05, 0.1) is 31.0 Å². The highest BCUT2D eigenvalue weighted by atomic mass is 35.5. The van der Waals surface area contributed by atoms with Crippen molar-refractivity contribution < 1.29 is 9.53 Å². The van der Waals surface area contributed by atoms with Crippen molar-refractivity contribution in [2.45, 2.75) is 52.5 Å². The van der Waals surface area contributed by atoms with Gasteiger partial charge in [-0.2, -0.15) is 0 Å². The number of benzodiazepines with no additional fused rings is 1. The normalized spacial score (nSPS) is 16.5. The lowest BCUT2D eigenvalue weighted by Crippen LogP contribution is -2.35. The molecule has 0 aliphatic carbocycles. The summed E-state index contributed by atoms with van der Waals surface area (Å²) in [4.78, 5) is 19.9. The van der Waals surface area contributed by atoms with E-state index < -0.39 is 6.04 Å². The summed E-state index contributed by atoms with van der Waals surface area (Å²) in [6.45, 7) is 6.54. The molecule has 34 heavy (non-hydrogen) atoms. The number of hydrogen-bond donors (Lipinski definition) is 2. The van der Waals surface area contributed by atoms with Crippen LogP contribution < -0.4 is 15.0 Å². The first-order chi connectivity index (χ1) is 16.4. The number of carbonyl (C=O) groups excluding carboxylic acids is 1. The van der Waals surface area contributed by atoms with Crippen molar-refractivity contribution in [2.24, 2.45) is 4.99 Å². The Kier molecular flexibility index (Phi) is 8.88. The molecular weight excluding hydrogens is 448 g/mol. The summed E-state index contributed by atoms with van der Waals surface area (Å²) < 4.78 is 5.51. The maximum absolute atomic E-state index is 12.9. The lowest BCUT2D eigenvalue weighted by Gasteiger charge is -2.29. The Morgan fingerprint density at radius 1 is 1.24 bits per heavy atom. The van der Waals surface area contributed by atoms with E-state index in [1.54, 1.807) is 14.0 Å². The number of nitrogens with one attached hydrogen (secondary N) is 2. The summed E-state index contributed by atoms with van der Waals surface area (Å²) in [6, 6.07) is 12.8. The fourth-order valence-corrected chi connectivity index (χ4v) is 4.18. The number of rotatable bonds is 8. The number of nitrogens with zero attached hydrogens (tertiary/aromatic N) is 2. The van der Waals surface area contributed by atoms with Gasteiger partial charge in [0.15, 0.2) is 0 Å². The Morgan fingerprint density at radius 2 is 1.97 bits per heavy atom.